The minimum atomic E-state index is -0.559. The lowest BCUT2D eigenvalue weighted by molar-refractivity contribution is -0.129. The van der Waals surface area contributed by atoms with Gasteiger partial charge in [0.2, 0.25) is 5.91 Å². The molecule has 1 N–H and O–H groups in total. The predicted molar refractivity (Wildman–Crippen MR) is 154 cm³/mol. The summed E-state index contributed by atoms with van der Waals surface area (Å²) in [6.07, 6.45) is 5.82. The van der Waals surface area contributed by atoms with Crippen LogP contribution in [-0.4, -0.2) is 37.9 Å². The predicted octanol–water partition coefficient (Wildman–Crippen LogP) is 6.36. The van der Waals surface area contributed by atoms with E-state index in [9.17, 15) is 9.59 Å². The Labute approximate surface area is 241 Å². The van der Waals surface area contributed by atoms with Gasteiger partial charge in [-0.05, 0) is 102 Å². The number of thiophene rings is 1. The van der Waals surface area contributed by atoms with Crippen LogP contribution < -0.4 is 5.32 Å². The van der Waals surface area contributed by atoms with E-state index in [0.717, 1.165) is 46.1 Å². The first-order valence-corrected chi connectivity index (χ1v) is 14.6. The molecule has 0 spiro atoms. The van der Waals surface area contributed by atoms with Gasteiger partial charge in [-0.3, -0.25) is 9.59 Å². The Morgan fingerprint density at radius 1 is 1.10 bits per heavy atom. The highest BCUT2D eigenvalue weighted by Crippen LogP contribution is 2.38. The first-order valence-electron chi connectivity index (χ1n) is 13.1. The van der Waals surface area contributed by atoms with Crippen LogP contribution in [0.15, 0.2) is 60.9 Å². The van der Waals surface area contributed by atoms with E-state index in [-0.39, 0.29) is 24.0 Å². The van der Waals surface area contributed by atoms with E-state index < -0.39 is 6.04 Å². The largest absolute Gasteiger partial charge is 0.346 e. The number of carbonyl (C=O) groups is 2. The smallest absolute Gasteiger partial charge is 0.223 e. The number of aromatic nitrogens is 4. The van der Waals surface area contributed by atoms with Crippen molar-refractivity contribution in [2.24, 2.45) is 11.8 Å². The Balaban J connectivity index is 1.14. The summed E-state index contributed by atoms with van der Waals surface area (Å²) >= 11 is 13.9. The maximum atomic E-state index is 13.1. The summed E-state index contributed by atoms with van der Waals surface area (Å²) in [6.45, 7) is 1.76. The number of hydrogen-bond donors (Lipinski definition) is 1. The number of ketones is 1. The van der Waals surface area contributed by atoms with Gasteiger partial charge in [0.05, 0.1) is 16.1 Å². The lowest BCUT2D eigenvalue weighted by Gasteiger charge is -2.17. The fourth-order valence-electron chi connectivity index (χ4n) is 5.34. The molecule has 0 unspecified atom stereocenters. The number of benzene rings is 2. The molecule has 202 valence electrons. The molecule has 2 aromatic carbocycles. The van der Waals surface area contributed by atoms with Crippen molar-refractivity contribution in [3.05, 3.63) is 81.4 Å². The molecule has 2 aromatic heterocycles. The lowest BCUT2D eigenvalue weighted by Crippen LogP contribution is -2.41. The molecule has 39 heavy (non-hydrogen) atoms. The standard InChI is InChI=1S/C29H29Cl2N5O2S/c1-18(26(37)11-8-21-16-23(30)9-10-25(21)36-17-32-34-35-36)33-29(38)22-7-6-19(15-22)14-20-4-2-3-5-24(20)27-12-13-28(31)39-27/h2-5,9-10,12-13,16-19,22H,6-8,11,14-15H2,1H3,(H,33,38)/t18-,19-,22+/m0/s1. The molecule has 0 bridgehead atoms. The Morgan fingerprint density at radius 2 is 1.95 bits per heavy atom. The molecule has 0 saturated heterocycles. The van der Waals surface area contributed by atoms with Crippen LogP contribution in [0.1, 0.15) is 43.7 Å². The Kier molecular flexibility index (Phi) is 8.75. The molecule has 4 aromatic rings. The van der Waals surface area contributed by atoms with Gasteiger partial charge in [-0.1, -0.05) is 47.5 Å². The van der Waals surface area contributed by atoms with Crippen LogP contribution in [0.4, 0.5) is 0 Å². The van der Waals surface area contributed by atoms with Crippen molar-refractivity contribution < 1.29 is 9.59 Å². The van der Waals surface area contributed by atoms with Gasteiger partial charge in [0, 0.05) is 22.2 Å². The zero-order valence-corrected chi connectivity index (χ0v) is 23.8. The zero-order chi connectivity index (χ0) is 27.4. The number of carbonyl (C=O) groups excluding carboxylic acids is 2. The van der Waals surface area contributed by atoms with E-state index in [1.807, 2.05) is 18.2 Å². The molecule has 0 radical (unpaired) electrons. The first kappa shape index (κ1) is 27.5. The van der Waals surface area contributed by atoms with Gasteiger partial charge in [0.15, 0.2) is 5.78 Å². The Morgan fingerprint density at radius 3 is 2.72 bits per heavy atom. The number of aryl methyl sites for hydroxylation is 1. The van der Waals surface area contributed by atoms with E-state index in [1.165, 1.54) is 17.5 Å². The van der Waals surface area contributed by atoms with Crippen LogP contribution >= 0.6 is 34.5 Å². The fourth-order valence-corrected chi connectivity index (χ4v) is 6.64. The van der Waals surface area contributed by atoms with Gasteiger partial charge < -0.3 is 5.32 Å². The molecule has 1 aliphatic rings. The molecule has 10 heteroatoms. The fraction of sp³-hybridized carbons (Fsp3) is 0.345. The average Bonchev–Trinajstić information content (AvgIpc) is 3.70. The summed E-state index contributed by atoms with van der Waals surface area (Å²) in [6, 6.07) is 17.3. The molecule has 3 atom stereocenters. The van der Waals surface area contributed by atoms with E-state index in [1.54, 1.807) is 29.0 Å². The monoisotopic (exact) mass is 581 g/mol. The van der Waals surface area contributed by atoms with Gasteiger partial charge >= 0.3 is 0 Å². The third kappa shape index (κ3) is 6.75. The summed E-state index contributed by atoms with van der Waals surface area (Å²) in [5.74, 6) is 0.293. The summed E-state index contributed by atoms with van der Waals surface area (Å²) in [4.78, 5) is 27.1. The highest BCUT2D eigenvalue weighted by Gasteiger charge is 2.31. The van der Waals surface area contributed by atoms with Crippen LogP contribution in [0.5, 0.6) is 0 Å². The lowest BCUT2D eigenvalue weighted by atomic mass is 9.93. The molecule has 1 aliphatic carbocycles. The molecular formula is C29H29Cl2N5O2S. The number of hydrogen-bond acceptors (Lipinski definition) is 6. The number of amides is 1. The number of halogens is 2. The van der Waals surface area contributed by atoms with Crippen LogP contribution in [0.25, 0.3) is 16.1 Å². The Bertz CT molecular complexity index is 1460. The molecule has 1 amide bonds. The van der Waals surface area contributed by atoms with E-state index in [4.69, 9.17) is 23.2 Å². The molecule has 5 rings (SSSR count). The molecule has 1 fully saturated rings. The van der Waals surface area contributed by atoms with Gasteiger partial charge in [0.1, 0.15) is 6.33 Å². The van der Waals surface area contributed by atoms with Crippen LogP contribution in [0, 0.1) is 11.8 Å². The van der Waals surface area contributed by atoms with Crippen molar-refractivity contribution in [2.45, 2.75) is 51.5 Å². The number of Topliss-reactive ketones (excluding diaryl/α,β-unsaturated/α-hetero) is 1. The quantitative estimate of drug-likeness (QED) is 0.235. The van der Waals surface area contributed by atoms with Crippen molar-refractivity contribution in [2.75, 3.05) is 0 Å². The maximum absolute atomic E-state index is 13.1. The van der Waals surface area contributed by atoms with E-state index in [2.05, 4.69) is 51.2 Å². The summed E-state index contributed by atoms with van der Waals surface area (Å²) in [7, 11) is 0. The molecule has 2 heterocycles. The molecular weight excluding hydrogens is 553 g/mol. The van der Waals surface area contributed by atoms with Crippen LogP contribution in [0.3, 0.4) is 0 Å². The van der Waals surface area contributed by atoms with Gasteiger partial charge in [-0.15, -0.1) is 16.4 Å². The molecule has 7 nitrogen and oxygen atoms in total. The van der Waals surface area contributed by atoms with Gasteiger partial charge in [-0.25, -0.2) is 4.68 Å². The molecule has 0 aliphatic heterocycles. The SMILES string of the molecule is C[C@H](NC(=O)[C@@H]1CC[C@@H](Cc2ccccc2-c2ccc(Cl)s2)C1)C(=O)CCc1cc(Cl)ccc1-n1cnnn1. The number of nitrogens with zero attached hydrogens (tertiary/aromatic N) is 4. The minimum Gasteiger partial charge on any atom is -0.346 e. The maximum Gasteiger partial charge on any atom is 0.223 e. The van der Waals surface area contributed by atoms with Crippen molar-refractivity contribution >= 4 is 46.2 Å². The van der Waals surface area contributed by atoms with Crippen LogP contribution in [-0.2, 0) is 22.4 Å². The Hall–Kier alpha value is -3.07. The average molecular weight is 583 g/mol. The highest BCUT2D eigenvalue weighted by atomic mass is 35.5. The third-order valence-electron chi connectivity index (χ3n) is 7.40. The number of nitrogens with one attached hydrogen (secondary N) is 1. The second-order valence-corrected chi connectivity index (χ2v) is 12.2. The normalized spacial score (nSPS) is 17.7. The van der Waals surface area contributed by atoms with Crippen LogP contribution in [0.2, 0.25) is 9.36 Å². The highest BCUT2D eigenvalue weighted by molar-refractivity contribution is 7.19. The van der Waals surface area contributed by atoms with Crippen molar-refractivity contribution in [1.82, 2.24) is 25.5 Å². The zero-order valence-electron chi connectivity index (χ0n) is 21.5. The van der Waals surface area contributed by atoms with Crippen molar-refractivity contribution in [1.29, 1.82) is 0 Å². The summed E-state index contributed by atoms with van der Waals surface area (Å²) < 4.78 is 2.33. The minimum absolute atomic E-state index is 0.0240. The second kappa shape index (κ2) is 12.4. The number of tetrazole rings is 1. The molecule has 1 saturated carbocycles. The van der Waals surface area contributed by atoms with Gasteiger partial charge in [0.25, 0.3) is 0 Å². The van der Waals surface area contributed by atoms with Crippen molar-refractivity contribution in [3.63, 3.8) is 0 Å². The third-order valence-corrected chi connectivity index (χ3v) is 8.90. The van der Waals surface area contributed by atoms with E-state index in [0.29, 0.717) is 17.4 Å². The number of rotatable bonds is 10. The summed E-state index contributed by atoms with van der Waals surface area (Å²) in [5.41, 5.74) is 4.14. The summed E-state index contributed by atoms with van der Waals surface area (Å²) in [5, 5.41) is 14.9. The topological polar surface area (TPSA) is 89.8 Å². The first-order chi connectivity index (χ1) is 18.9. The second-order valence-electron chi connectivity index (χ2n) is 10.1. The van der Waals surface area contributed by atoms with Crippen molar-refractivity contribution in [3.8, 4) is 16.1 Å². The van der Waals surface area contributed by atoms with Gasteiger partial charge in [-0.2, -0.15) is 0 Å². The van der Waals surface area contributed by atoms with E-state index >= 15 is 0 Å².